The predicted octanol–water partition coefficient (Wildman–Crippen LogP) is 3.05. The fourth-order valence-corrected chi connectivity index (χ4v) is 2.22. The van der Waals surface area contributed by atoms with Gasteiger partial charge >= 0.3 is 31.1 Å². The van der Waals surface area contributed by atoms with Crippen molar-refractivity contribution < 1.29 is 41.0 Å². The molecule has 0 radical (unpaired) electrons. The Labute approximate surface area is 182 Å². The molecule has 0 saturated carbocycles. The molecule has 0 saturated heterocycles. The second-order valence-corrected chi connectivity index (χ2v) is 5.05. The first kappa shape index (κ1) is 22.8. The number of rotatable bonds is 4. The Kier molecular flexibility index (Phi) is 9.68. The number of phenolic OH excluding ortho intramolecular Hbond substituents is 1. The molecule has 4 N–H and O–H groups in total. The van der Waals surface area contributed by atoms with Crippen molar-refractivity contribution in [2.45, 2.75) is 0 Å². The van der Waals surface area contributed by atoms with Crippen LogP contribution in [0.4, 0.5) is 11.5 Å². The fourth-order valence-electron chi connectivity index (χ4n) is 2.22. The Balaban J connectivity index is 0.000000855. The summed E-state index contributed by atoms with van der Waals surface area (Å²) in [4.78, 5) is 8.44. The third kappa shape index (κ3) is 6.15. The molecule has 7 heteroatoms. The Morgan fingerprint density at radius 2 is 1.96 bits per heavy atom. The predicted molar refractivity (Wildman–Crippen MR) is 104 cm³/mol. The number of nitrogens with zero attached hydrogens (tertiary/aromatic N) is 2. The second-order valence-electron chi connectivity index (χ2n) is 5.05. The number of hydrogen-bond acceptors (Lipinski definition) is 6. The number of benzene rings is 2. The molecule has 6 nitrogen and oxygen atoms in total. The summed E-state index contributed by atoms with van der Waals surface area (Å²) >= 11 is 0. The summed E-state index contributed by atoms with van der Waals surface area (Å²) < 4.78 is 5.27. The zero-order valence-corrected chi connectivity index (χ0v) is 18.9. The van der Waals surface area contributed by atoms with Crippen molar-refractivity contribution in [2.75, 3.05) is 18.5 Å². The van der Waals surface area contributed by atoms with Gasteiger partial charge in [0.2, 0.25) is 0 Å². The van der Waals surface area contributed by atoms with E-state index < -0.39 is 0 Å². The number of anilines is 2. The Morgan fingerprint density at radius 3 is 2.63 bits per heavy atom. The molecule has 0 aliphatic heterocycles. The van der Waals surface area contributed by atoms with Gasteiger partial charge in [-0.3, -0.25) is 0 Å². The summed E-state index contributed by atoms with van der Waals surface area (Å²) in [5.41, 5.74) is 6.96. The first-order chi connectivity index (χ1) is 12.6. The molecule has 0 unspecified atom stereocenters. The molecular formula is C20H20N4O2U. The van der Waals surface area contributed by atoms with Crippen molar-refractivity contribution in [3.63, 3.8) is 0 Å². The van der Waals surface area contributed by atoms with Crippen molar-refractivity contribution >= 4 is 22.4 Å². The van der Waals surface area contributed by atoms with Gasteiger partial charge in [-0.05, 0) is 30.9 Å². The molecule has 0 aliphatic carbocycles. The molecule has 1 aromatic heterocycles. The van der Waals surface area contributed by atoms with E-state index in [1.807, 2.05) is 24.3 Å². The summed E-state index contributed by atoms with van der Waals surface area (Å²) in [6, 6.07) is 10.6. The zero-order chi connectivity index (χ0) is 18.9. The molecule has 0 atom stereocenters. The largest absolute Gasteiger partial charge is 2.00 e. The van der Waals surface area contributed by atoms with Gasteiger partial charge in [0.1, 0.15) is 12.1 Å². The van der Waals surface area contributed by atoms with Gasteiger partial charge in [-0.1, -0.05) is 12.0 Å². The van der Waals surface area contributed by atoms with Crippen LogP contribution in [0.15, 0.2) is 42.7 Å². The SMILES string of the molecule is C#Cc1cccc(Nc2ncnc3cc(OC[CH2-])c(O)cc23)c1.[CH2-]CN.[U+2]. The van der Waals surface area contributed by atoms with E-state index >= 15 is 0 Å². The summed E-state index contributed by atoms with van der Waals surface area (Å²) in [5, 5.41) is 13.9. The van der Waals surface area contributed by atoms with Gasteiger partial charge in [0.25, 0.3) is 0 Å². The van der Waals surface area contributed by atoms with Gasteiger partial charge in [-0.15, -0.1) is 13.0 Å². The number of ether oxygens (including phenoxy) is 1. The summed E-state index contributed by atoms with van der Waals surface area (Å²) in [6.07, 6.45) is 6.86. The van der Waals surface area contributed by atoms with Crippen LogP contribution in [0.25, 0.3) is 10.9 Å². The molecule has 3 rings (SSSR count). The van der Waals surface area contributed by atoms with Crippen LogP contribution < -0.4 is 15.8 Å². The van der Waals surface area contributed by atoms with Gasteiger partial charge in [-0.2, -0.15) is 0 Å². The Bertz CT molecular complexity index is 925. The van der Waals surface area contributed by atoms with E-state index in [1.54, 1.807) is 12.1 Å². The molecule has 0 spiro atoms. The first-order valence-electron chi connectivity index (χ1n) is 7.85. The molecule has 0 amide bonds. The Hall–Kier alpha value is -2.25. The monoisotopic (exact) mass is 586 g/mol. The average molecular weight is 586 g/mol. The molecular weight excluding hydrogens is 566 g/mol. The standard InChI is InChI=1S/C18H14N3O2.C2H6N.U/c1-3-12-6-5-7-13(8-12)21-18-14-9-16(22)17(23-4-2)10-15(14)19-11-20-18;1-2-3;/h1,5-11,22H,2,4H2,(H,19,20,21);1-3H2;/q2*-1;+2. The minimum absolute atomic E-state index is 0. The van der Waals surface area contributed by atoms with Crippen molar-refractivity contribution in [1.82, 2.24) is 9.97 Å². The van der Waals surface area contributed by atoms with Gasteiger partial charge in [-0.25, -0.2) is 9.97 Å². The smallest absolute Gasteiger partial charge is 0.522 e. The number of fused-ring (bicyclic) bond motifs is 1. The molecule has 1 heterocycles. The first-order valence-corrected chi connectivity index (χ1v) is 7.85. The minimum Gasteiger partial charge on any atom is -0.522 e. The van der Waals surface area contributed by atoms with Crippen molar-refractivity contribution in [3.8, 4) is 23.8 Å². The van der Waals surface area contributed by atoms with Crippen LogP contribution in [0.3, 0.4) is 0 Å². The van der Waals surface area contributed by atoms with Crippen LogP contribution in [0.2, 0.25) is 0 Å². The van der Waals surface area contributed by atoms with Crippen LogP contribution in [0, 0.1) is 57.3 Å². The van der Waals surface area contributed by atoms with Crippen LogP contribution in [0.5, 0.6) is 11.5 Å². The van der Waals surface area contributed by atoms with E-state index in [2.05, 4.69) is 35.1 Å². The van der Waals surface area contributed by atoms with Crippen LogP contribution in [-0.2, 0) is 0 Å². The van der Waals surface area contributed by atoms with Gasteiger partial charge in [0.15, 0.2) is 11.5 Å². The third-order valence-corrected chi connectivity index (χ3v) is 3.27. The number of nitrogens with one attached hydrogen (secondary N) is 1. The number of terminal acetylenes is 1. The van der Waals surface area contributed by atoms with Gasteiger partial charge in [0, 0.05) is 22.7 Å². The molecule has 2 aromatic carbocycles. The molecule has 136 valence electrons. The molecule has 3 aromatic rings. The van der Waals surface area contributed by atoms with E-state index in [0.29, 0.717) is 29.0 Å². The molecule has 27 heavy (non-hydrogen) atoms. The summed E-state index contributed by atoms with van der Waals surface area (Å²) in [6.45, 7) is 7.58. The summed E-state index contributed by atoms with van der Waals surface area (Å²) in [5.74, 6) is 3.51. The Morgan fingerprint density at radius 1 is 1.22 bits per heavy atom. The fraction of sp³-hybridized carbons (Fsp3) is 0.100. The van der Waals surface area contributed by atoms with Gasteiger partial charge < -0.3 is 34.7 Å². The number of nitrogens with two attached hydrogens (primary N) is 1. The summed E-state index contributed by atoms with van der Waals surface area (Å²) in [7, 11) is 0. The molecule has 0 fully saturated rings. The molecule has 0 bridgehead atoms. The topological polar surface area (TPSA) is 93.3 Å². The number of aromatic hydroxyl groups is 1. The third-order valence-electron chi connectivity index (χ3n) is 3.27. The quantitative estimate of drug-likeness (QED) is 0.322. The number of aromatic nitrogens is 2. The van der Waals surface area contributed by atoms with Gasteiger partial charge in [0.05, 0.1) is 5.52 Å². The van der Waals surface area contributed by atoms with Crippen molar-refractivity contribution in [1.29, 1.82) is 0 Å². The van der Waals surface area contributed by atoms with E-state index in [-0.39, 0.29) is 43.5 Å². The van der Waals surface area contributed by atoms with E-state index in [1.165, 1.54) is 6.33 Å². The van der Waals surface area contributed by atoms with Crippen molar-refractivity contribution in [2.24, 2.45) is 5.73 Å². The van der Waals surface area contributed by atoms with Crippen LogP contribution in [0.1, 0.15) is 5.56 Å². The van der Waals surface area contributed by atoms with Crippen molar-refractivity contribution in [3.05, 3.63) is 62.1 Å². The number of phenols is 1. The van der Waals surface area contributed by atoms with Crippen LogP contribution >= 0.6 is 0 Å². The average Bonchev–Trinajstić information content (AvgIpc) is 2.64. The second kappa shape index (κ2) is 11.5. The maximum Gasteiger partial charge on any atom is 2.00 e. The van der Waals surface area contributed by atoms with E-state index in [4.69, 9.17) is 16.9 Å². The maximum atomic E-state index is 10.0. The van der Waals surface area contributed by atoms with E-state index in [9.17, 15) is 5.11 Å². The van der Waals surface area contributed by atoms with E-state index in [0.717, 1.165) is 11.3 Å². The van der Waals surface area contributed by atoms with Crippen LogP contribution in [-0.4, -0.2) is 28.2 Å². The normalized spacial score (nSPS) is 9.41. The minimum atomic E-state index is 0. The maximum absolute atomic E-state index is 10.0. The number of hydrogen-bond donors (Lipinski definition) is 3. The molecule has 0 aliphatic rings. The zero-order valence-electron chi connectivity index (χ0n) is 14.8.